The van der Waals surface area contributed by atoms with Crippen molar-refractivity contribution < 1.29 is 9.53 Å². The monoisotopic (exact) mass is 263 g/mol. The standard InChI is InChI=1S/C14H19NO2.C2H6/c1-10-5-6-11-7-8-15(12(11)9-10)13(16)17-14(2,3)4;1-2/h5-6,9H,7-8H2,1-4H3;1-2H3. The van der Waals surface area contributed by atoms with Gasteiger partial charge in [0.1, 0.15) is 5.60 Å². The van der Waals surface area contributed by atoms with E-state index in [0.717, 1.165) is 12.1 Å². The van der Waals surface area contributed by atoms with Crippen molar-refractivity contribution in [2.24, 2.45) is 0 Å². The van der Waals surface area contributed by atoms with Crippen molar-refractivity contribution in [1.82, 2.24) is 0 Å². The highest BCUT2D eigenvalue weighted by atomic mass is 16.6. The van der Waals surface area contributed by atoms with E-state index in [1.54, 1.807) is 4.90 Å². The van der Waals surface area contributed by atoms with E-state index in [1.807, 2.05) is 47.6 Å². The summed E-state index contributed by atoms with van der Waals surface area (Å²) in [6, 6.07) is 6.22. The highest BCUT2D eigenvalue weighted by Crippen LogP contribution is 2.30. The van der Waals surface area contributed by atoms with Crippen LogP contribution in [0.15, 0.2) is 18.2 Å². The van der Waals surface area contributed by atoms with Crippen LogP contribution < -0.4 is 4.90 Å². The number of anilines is 1. The Kier molecular flexibility index (Phi) is 4.98. The first-order chi connectivity index (χ1) is 8.87. The van der Waals surface area contributed by atoms with Crippen LogP contribution in [0.3, 0.4) is 0 Å². The van der Waals surface area contributed by atoms with Gasteiger partial charge in [-0.1, -0.05) is 26.0 Å². The van der Waals surface area contributed by atoms with Crippen molar-refractivity contribution in [3.8, 4) is 0 Å². The lowest BCUT2D eigenvalue weighted by atomic mass is 10.1. The Labute approximate surface area is 116 Å². The molecule has 0 aromatic heterocycles. The van der Waals surface area contributed by atoms with Crippen LogP contribution >= 0.6 is 0 Å². The fraction of sp³-hybridized carbons (Fsp3) is 0.562. The Morgan fingerprint density at radius 2 is 1.89 bits per heavy atom. The third kappa shape index (κ3) is 3.98. The van der Waals surface area contributed by atoms with Gasteiger partial charge in [-0.2, -0.15) is 0 Å². The summed E-state index contributed by atoms with van der Waals surface area (Å²) >= 11 is 0. The third-order valence-corrected chi connectivity index (χ3v) is 2.75. The minimum absolute atomic E-state index is 0.248. The second-order valence-corrected chi connectivity index (χ2v) is 5.51. The maximum absolute atomic E-state index is 12.0. The minimum atomic E-state index is -0.441. The predicted molar refractivity (Wildman–Crippen MR) is 79.8 cm³/mol. The van der Waals surface area contributed by atoms with Gasteiger partial charge in [-0.05, 0) is 51.3 Å². The summed E-state index contributed by atoms with van der Waals surface area (Å²) in [6.45, 7) is 12.4. The number of hydrogen-bond donors (Lipinski definition) is 0. The largest absolute Gasteiger partial charge is 0.443 e. The fourth-order valence-electron chi connectivity index (χ4n) is 2.00. The van der Waals surface area contributed by atoms with Gasteiger partial charge in [0.25, 0.3) is 0 Å². The Hall–Kier alpha value is -1.51. The van der Waals surface area contributed by atoms with E-state index in [4.69, 9.17) is 4.74 Å². The van der Waals surface area contributed by atoms with Crippen molar-refractivity contribution in [2.75, 3.05) is 11.4 Å². The molecule has 0 bridgehead atoms. The van der Waals surface area contributed by atoms with Gasteiger partial charge in [-0.15, -0.1) is 0 Å². The molecule has 3 heteroatoms. The van der Waals surface area contributed by atoms with Crippen molar-refractivity contribution in [1.29, 1.82) is 0 Å². The molecule has 0 spiro atoms. The van der Waals surface area contributed by atoms with Crippen molar-refractivity contribution in [3.63, 3.8) is 0 Å². The van der Waals surface area contributed by atoms with E-state index < -0.39 is 5.60 Å². The van der Waals surface area contributed by atoms with Crippen LogP contribution in [0.25, 0.3) is 0 Å². The van der Waals surface area contributed by atoms with Crippen molar-refractivity contribution in [2.45, 2.75) is 53.6 Å². The molecule has 1 aliphatic rings. The quantitative estimate of drug-likeness (QED) is 0.697. The molecule has 0 fully saturated rings. The van der Waals surface area contributed by atoms with Gasteiger partial charge in [-0.25, -0.2) is 4.79 Å². The normalized spacial score (nSPS) is 13.5. The molecule has 0 unspecified atom stereocenters. The van der Waals surface area contributed by atoms with E-state index in [0.29, 0.717) is 6.54 Å². The lowest BCUT2D eigenvalue weighted by Gasteiger charge is -2.24. The molecule has 0 N–H and O–H groups in total. The summed E-state index contributed by atoms with van der Waals surface area (Å²) in [5.74, 6) is 0. The molecule has 3 nitrogen and oxygen atoms in total. The zero-order chi connectivity index (χ0) is 14.6. The van der Waals surface area contributed by atoms with Crippen LogP contribution in [0.1, 0.15) is 45.7 Å². The van der Waals surface area contributed by atoms with Gasteiger partial charge in [0, 0.05) is 6.54 Å². The topological polar surface area (TPSA) is 29.5 Å². The molecule has 0 atom stereocenters. The molecule has 2 rings (SSSR count). The number of carbonyl (C=O) groups is 1. The molecule has 106 valence electrons. The smallest absolute Gasteiger partial charge is 0.414 e. The lowest BCUT2D eigenvalue weighted by molar-refractivity contribution is 0.0584. The Bertz CT molecular complexity index is 447. The SMILES string of the molecule is CC.Cc1ccc2c(c1)N(C(=O)OC(C)(C)C)CC2. The Balaban J connectivity index is 0.000000861. The lowest BCUT2D eigenvalue weighted by Crippen LogP contribution is -2.35. The average Bonchev–Trinajstić information content (AvgIpc) is 2.72. The second-order valence-electron chi connectivity index (χ2n) is 5.51. The van der Waals surface area contributed by atoms with E-state index in [-0.39, 0.29) is 6.09 Å². The minimum Gasteiger partial charge on any atom is -0.443 e. The fourth-order valence-corrected chi connectivity index (χ4v) is 2.00. The molecule has 1 aliphatic heterocycles. The second kappa shape index (κ2) is 6.09. The summed E-state index contributed by atoms with van der Waals surface area (Å²) in [5, 5.41) is 0. The number of hydrogen-bond acceptors (Lipinski definition) is 2. The molecule has 0 aliphatic carbocycles. The number of ether oxygens (including phenoxy) is 1. The summed E-state index contributed by atoms with van der Waals surface area (Å²) in [5.41, 5.74) is 2.95. The highest BCUT2D eigenvalue weighted by molar-refractivity contribution is 5.90. The van der Waals surface area contributed by atoms with Gasteiger partial charge >= 0.3 is 6.09 Å². The molecule has 1 aromatic rings. The number of aryl methyl sites for hydroxylation is 1. The molecule has 0 radical (unpaired) electrons. The first-order valence-corrected chi connectivity index (χ1v) is 6.97. The van der Waals surface area contributed by atoms with Gasteiger partial charge in [0.05, 0.1) is 5.69 Å². The van der Waals surface area contributed by atoms with E-state index in [9.17, 15) is 4.79 Å². The number of carbonyl (C=O) groups excluding carboxylic acids is 1. The van der Waals surface area contributed by atoms with Gasteiger partial charge in [0.15, 0.2) is 0 Å². The molecule has 1 aromatic carbocycles. The Morgan fingerprint density at radius 3 is 2.47 bits per heavy atom. The van der Waals surface area contributed by atoms with E-state index in [1.165, 1.54) is 11.1 Å². The Morgan fingerprint density at radius 1 is 1.26 bits per heavy atom. The van der Waals surface area contributed by atoms with Crippen LogP contribution in [0, 0.1) is 6.92 Å². The molecular weight excluding hydrogens is 238 g/mol. The van der Waals surface area contributed by atoms with Crippen LogP contribution in [0.5, 0.6) is 0 Å². The molecule has 1 amide bonds. The number of nitrogens with zero attached hydrogens (tertiary/aromatic N) is 1. The average molecular weight is 263 g/mol. The van der Waals surface area contributed by atoms with Crippen LogP contribution in [0.2, 0.25) is 0 Å². The maximum Gasteiger partial charge on any atom is 0.414 e. The van der Waals surface area contributed by atoms with Crippen LogP contribution in [-0.4, -0.2) is 18.2 Å². The summed E-state index contributed by atoms with van der Waals surface area (Å²) < 4.78 is 5.41. The van der Waals surface area contributed by atoms with Gasteiger partial charge in [0.2, 0.25) is 0 Å². The first-order valence-electron chi connectivity index (χ1n) is 6.97. The first kappa shape index (κ1) is 15.5. The molecular formula is C16H25NO2. The van der Waals surface area contributed by atoms with E-state index >= 15 is 0 Å². The number of fused-ring (bicyclic) bond motifs is 1. The van der Waals surface area contributed by atoms with E-state index in [2.05, 4.69) is 12.1 Å². The number of benzene rings is 1. The van der Waals surface area contributed by atoms with Gasteiger partial charge in [-0.3, -0.25) is 4.90 Å². The predicted octanol–water partition coefficient (Wildman–Crippen LogP) is 4.32. The summed E-state index contributed by atoms with van der Waals surface area (Å²) in [4.78, 5) is 13.8. The molecule has 0 saturated carbocycles. The summed E-state index contributed by atoms with van der Waals surface area (Å²) in [6.07, 6.45) is 0.663. The number of amides is 1. The van der Waals surface area contributed by atoms with Crippen molar-refractivity contribution >= 4 is 11.8 Å². The zero-order valence-electron chi connectivity index (χ0n) is 12.9. The van der Waals surface area contributed by atoms with Crippen molar-refractivity contribution in [3.05, 3.63) is 29.3 Å². The summed E-state index contributed by atoms with van der Waals surface area (Å²) in [7, 11) is 0. The highest BCUT2D eigenvalue weighted by Gasteiger charge is 2.28. The third-order valence-electron chi connectivity index (χ3n) is 2.75. The molecule has 19 heavy (non-hydrogen) atoms. The number of rotatable bonds is 0. The van der Waals surface area contributed by atoms with Gasteiger partial charge < -0.3 is 4.74 Å². The van der Waals surface area contributed by atoms with Crippen LogP contribution in [0.4, 0.5) is 10.5 Å². The molecule has 0 saturated heterocycles. The van der Waals surface area contributed by atoms with Crippen LogP contribution in [-0.2, 0) is 11.2 Å². The molecule has 1 heterocycles. The maximum atomic E-state index is 12.0. The zero-order valence-corrected chi connectivity index (χ0v) is 12.9.